The van der Waals surface area contributed by atoms with Gasteiger partial charge in [-0.2, -0.15) is 0 Å². The first-order valence-corrected chi connectivity index (χ1v) is 9.03. The van der Waals surface area contributed by atoms with Gasteiger partial charge < -0.3 is 10.1 Å². The maximum absolute atomic E-state index is 12.6. The van der Waals surface area contributed by atoms with Crippen LogP contribution in [0.1, 0.15) is 15.9 Å². The summed E-state index contributed by atoms with van der Waals surface area (Å²) < 4.78 is 23.6. The van der Waals surface area contributed by atoms with Gasteiger partial charge >= 0.3 is 0 Å². The van der Waals surface area contributed by atoms with Crippen LogP contribution in [0, 0.1) is 0 Å². The van der Waals surface area contributed by atoms with E-state index < -0.39 is 9.84 Å². The van der Waals surface area contributed by atoms with Gasteiger partial charge in [0, 0.05) is 22.7 Å². The van der Waals surface area contributed by atoms with E-state index in [9.17, 15) is 18.3 Å². The Hall–Kier alpha value is -2.93. The van der Waals surface area contributed by atoms with Crippen molar-refractivity contribution >= 4 is 37.9 Å². The van der Waals surface area contributed by atoms with Crippen molar-refractivity contribution in [2.24, 2.45) is 4.99 Å². The second kappa shape index (κ2) is 4.78. The highest BCUT2D eigenvalue weighted by Gasteiger charge is 2.30. The van der Waals surface area contributed by atoms with Crippen molar-refractivity contribution in [3.63, 3.8) is 0 Å². The number of fused-ring (bicyclic) bond motifs is 2. The van der Waals surface area contributed by atoms with Crippen molar-refractivity contribution in [2.45, 2.75) is 4.90 Å². The maximum Gasteiger partial charge on any atom is 0.214 e. The molecule has 120 valence electrons. The average Bonchev–Trinajstić information content (AvgIpc) is 3.02. The molecule has 0 radical (unpaired) electrons. The Kier molecular flexibility index (Phi) is 2.92. The van der Waals surface area contributed by atoms with Gasteiger partial charge in [-0.1, -0.05) is 12.1 Å². The molecule has 0 atom stereocenters. The summed E-state index contributed by atoms with van der Waals surface area (Å²) in [6.45, 7) is 0. The topological polar surface area (TPSA) is 99.6 Å². The van der Waals surface area contributed by atoms with Gasteiger partial charge in [-0.3, -0.25) is 4.79 Å². The lowest BCUT2D eigenvalue weighted by molar-refractivity contribution is 0.107. The molecule has 0 saturated heterocycles. The Labute approximate surface area is 137 Å². The van der Waals surface area contributed by atoms with E-state index in [-0.39, 0.29) is 27.8 Å². The molecule has 0 spiro atoms. The number of carbonyl (C=O) groups excluding carboxylic acids is 1. The Morgan fingerprint density at radius 2 is 1.88 bits per heavy atom. The van der Waals surface area contributed by atoms with E-state index in [0.717, 1.165) is 6.26 Å². The molecule has 6 nitrogen and oxygen atoms in total. The number of rotatable bonds is 2. The summed E-state index contributed by atoms with van der Waals surface area (Å²) in [5.74, 6) is -0.512. The quantitative estimate of drug-likeness (QED) is 0.749. The molecule has 3 aromatic rings. The summed E-state index contributed by atoms with van der Waals surface area (Å²) in [7, 11) is -3.41. The molecule has 7 heteroatoms. The van der Waals surface area contributed by atoms with Crippen LogP contribution in [-0.2, 0) is 9.84 Å². The molecule has 0 amide bonds. The number of aromatic amines is 1. The van der Waals surface area contributed by atoms with Crippen LogP contribution < -0.4 is 0 Å². The molecule has 1 aliphatic rings. The van der Waals surface area contributed by atoms with Crippen molar-refractivity contribution in [2.75, 3.05) is 6.26 Å². The minimum Gasteiger partial charge on any atom is -0.494 e. The molecule has 2 N–H and O–H groups in total. The lowest BCUT2D eigenvalue weighted by Gasteiger charge is -2.01. The molecule has 1 aliphatic heterocycles. The average molecular weight is 340 g/mol. The van der Waals surface area contributed by atoms with Crippen LogP contribution in [0.5, 0.6) is 5.88 Å². The molecule has 2 heterocycles. The van der Waals surface area contributed by atoms with E-state index in [1.165, 1.54) is 12.1 Å². The number of ketones is 1. The van der Waals surface area contributed by atoms with Crippen molar-refractivity contribution in [3.8, 4) is 5.88 Å². The zero-order valence-corrected chi connectivity index (χ0v) is 13.4. The molecule has 0 saturated carbocycles. The molecule has 24 heavy (non-hydrogen) atoms. The number of hydrogen-bond acceptors (Lipinski definition) is 5. The molecule has 0 aliphatic carbocycles. The number of hydrogen-bond donors (Lipinski definition) is 2. The van der Waals surface area contributed by atoms with Crippen LogP contribution in [-0.4, -0.2) is 36.3 Å². The van der Waals surface area contributed by atoms with E-state index in [4.69, 9.17) is 0 Å². The first-order chi connectivity index (χ1) is 11.4. The van der Waals surface area contributed by atoms with Crippen molar-refractivity contribution in [1.82, 2.24) is 4.98 Å². The number of benzene rings is 2. The van der Waals surface area contributed by atoms with E-state index in [0.29, 0.717) is 22.2 Å². The Morgan fingerprint density at radius 1 is 1.12 bits per heavy atom. The number of aromatic nitrogens is 1. The summed E-state index contributed by atoms with van der Waals surface area (Å²) in [6.07, 6.45) is 1.11. The number of aromatic hydroxyl groups is 1. The molecular weight excluding hydrogens is 328 g/mol. The Bertz CT molecular complexity index is 1160. The fraction of sp³-hybridized carbons (Fsp3) is 0.0588. The highest BCUT2D eigenvalue weighted by molar-refractivity contribution is 7.90. The van der Waals surface area contributed by atoms with Gasteiger partial charge in [-0.25, -0.2) is 13.4 Å². The lowest BCUT2D eigenvalue weighted by atomic mass is 10.0. The number of carbonyl (C=O) groups is 1. The summed E-state index contributed by atoms with van der Waals surface area (Å²) >= 11 is 0. The third kappa shape index (κ3) is 2.05. The number of Topliss-reactive ketones (excluding diaryl/α,β-unsaturated/α-hetero) is 1. The monoisotopic (exact) mass is 340 g/mol. The van der Waals surface area contributed by atoms with Crippen LogP contribution in [0.15, 0.2) is 52.4 Å². The number of H-pyrrole nitrogens is 1. The van der Waals surface area contributed by atoms with E-state index >= 15 is 0 Å². The zero-order chi connectivity index (χ0) is 17.1. The fourth-order valence-electron chi connectivity index (χ4n) is 2.86. The highest BCUT2D eigenvalue weighted by Crippen LogP contribution is 2.35. The van der Waals surface area contributed by atoms with Crippen LogP contribution >= 0.6 is 0 Å². The standard InChI is InChI=1S/C17H12N2O4S/c1-24(22,23)9-6-7-13-11(8-9)14(17(21)19-13)15-16(20)10-4-2-3-5-12(10)18-15/h2-8,19,21H,1H3. The van der Waals surface area contributed by atoms with E-state index in [2.05, 4.69) is 9.98 Å². The SMILES string of the molecule is CS(=O)(=O)c1ccc2[nH]c(O)c(C3=Nc4ccccc4C3=O)c2c1. The fourth-order valence-corrected chi connectivity index (χ4v) is 3.51. The molecular formula is C17H12N2O4S. The van der Waals surface area contributed by atoms with Crippen molar-refractivity contribution in [1.29, 1.82) is 0 Å². The molecule has 1 aromatic heterocycles. The number of aliphatic imine (C=N–C) groups is 1. The van der Waals surface area contributed by atoms with Crippen LogP contribution in [0.3, 0.4) is 0 Å². The highest BCUT2D eigenvalue weighted by atomic mass is 32.2. The normalized spacial score (nSPS) is 14.0. The molecule has 0 bridgehead atoms. The van der Waals surface area contributed by atoms with E-state index in [1.54, 1.807) is 30.3 Å². The van der Waals surface area contributed by atoms with Gasteiger partial charge in [0.25, 0.3) is 0 Å². The predicted molar refractivity (Wildman–Crippen MR) is 90.0 cm³/mol. The van der Waals surface area contributed by atoms with Crippen LogP contribution in [0.2, 0.25) is 0 Å². The van der Waals surface area contributed by atoms with Gasteiger partial charge in [-0.15, -0.1) is 0 Å². The molecule has 4 rings (SSSR count). The largest absolute Gasteiger partial charge is 0.494 e. The van der Waals surface area contributed by atoms with Gasteiger partial charge in [-0.05, 0) is 30.3 Å². The predicted octanol–water partition coefficient (Wildman–Crippen LogP) is 2.59. The molecule has 0 unspecified atom stereocenters. The first kappa shape index (κ1) is 14.6. The second-order valence-corrected chi connectivity index (χ2v) is 7.65. The summed E-state index contributed by atoms with van der Waals surface area (Å²) in [5.41, 5.74) is 1.84. The Balaban J connectivity index is 1.98. The van der Waals surface area contributed by atoms with Crippen molar-refractivity contribution < 1.29 is 18.3 Å². The summed E-state index contributed by atoms with van der Waals surface area (Å²) in [4.78, 5) is 19.8. The van der Waals surface area contributed by atoms with Gasteiger partial charge in [0.2, 0.25) is 5.78 Å². The minimum atomic E-state index is -3.41. The summed E-state index contributed by atoms with van der Waals surface area (Å²) in [5, 5.41) is 10.7. The van der Waals surface area contributed by atoms with E-state index in [1.807, 2.05) is 0 Å². The lowest BCUT2D eigenvalue weighted by Crippen LogP contribution is -2.10. The van der Waals surface area contributed by atoms with Crippen LogP contribution in [0.25, 0.3) is 10.9 Å². The third-order valence-corrected chi connectivity index (χ3v) is 5.12. The smallest absolute Gasteiger partial charge is 0.214 e. The van der Waals surface area contributed by atoms with Gasteiger partial charge in [0.05, 0.1) is 16.1 Å². The third-order valence-electron chi connectivity index (χ3n) is 4.01. The maximum atomic E-state index is 12.6. The number of nitrogens with zero attached hydrogens (tertiary/aromatic N) is 1. The van der Waals surface area contributed by atoms with Crippen LogP contribution in [0.4, 0.5) is 5.69 Å². The number of sulfone groups is 1. The number of para-hydroxylation sites is 1. The van der Waals surface area contributed by atoms with Gasteiger partial charge in [0.15, 0.2) is 15.7 Å². The van der Waals surface area contributed by atoms with Gasteiger partial charge in [0.1, 0.15) is 5.71 Å². The zero-order valence-electron chi connectivity index (χ0n) is 12.6. The first-order valence-electron chi connectivity index (χ1n) is 7.14. The second-order valence-electron chi connectivity index (χ2n) is 5.63. The number of nitrogens with one attached hydrogen (secondary N) is 1. The Morgan fingerprint density at radius 3 is 2.58 bits per heavy atom. The molecule has 2 aromatic carbocycles. The molecule has 0 fully saturated rings. The summed E-state index contributed by atoms with van der Waals surface area (Å²) in [6, 6.07) is 11.3. The van der Waals surface area contributed by atoms with Crippen molar-refractivity contribution in [3.05, 3.63) is 53.6 Å². The minimum absolute atomic E-state index is 0.102.